The van der Waals surface area contributed by atoms with Gasteiger partial charge in [-0.1, -0.05) is 32.2 Å². The monoisotopic (exact) mass is 232 g/mol. The van der Waals surface area contributed by atoms with Crippen LogP contribution in [0.4, 0.5) is 0 Å². The lowest BCUT2D eigenvalue weighted by Gasteiger charge is -2.14. The van der Waals surface area contributed by atoms with E-state index in [1.54, 1.807) is 19.3 Å². The Balaban J connectivity index is 3.97. The standard InChI is InChI=1S/C10H16O4S/c1-4-8(11)13-7-10(15-6-3)14-9(12)5-2/h6,10H,3-5,7H2,1-2H3/t10-/m0/s1. The number of hydrogen-bond acceptors (Lipinski definition) is 5. The number of carbonyl (C=O) groups excluding carboxylic acids is 2. The molecule has 1 atom stereocenters. The summed E-state index contributed by atoms with van der Waals surface area (Å²) in [5.41, 5.74) is -0.495. The highest BCUT2D eigenvalue weighted by Crippen LogP contribution is 2.14. The van der Waals surface area contributed by atoms with Crippen molar-refractivity contribution in [2.75, 3.05) is 6.61 Å². The second-order valence-corrected chi connectivity index (χ2v) is 3.74. The van der Waals surface area contributed by atoms with Gasteiger partial charge in [-0.15, -0.1) is 0 Å². The summed E-state index contributed by atoms with van der Waals surface area (Å²) in [6, 6.07) is 0. The van der Waals surface area contributed by atoms with Crippen LogP contribution in [0.15, 0.2) is 12.0 Å². The molecule has 0 aromatic carbocycles. The Kier molecular flexibility index (Phi) is 7.81. The minimum atomic E-state index is -0.495. The van der Waals surface area contributed by atoms with Crippen LogP contribution in [0.5, 0.6) is 0 Å². The molecule has 0 aliphatic carbocycles. The Hall–Kier alpha value is -0.970. The van der Waals surface area contributed by atoms with E-state index in [4.69, 9.17) is 9.47 Å². The first kappa shape index (κ1) is 14.0. The largest absolute Gasteiger partial charge is 0.461 e. The second kappa shape index (κ2) is 8.35. The zero-order valence-corrected chi connectivity index (χ0v) is 9.84. The van der Waals surface area contributed by atoms with E-state index in [-0.39, 0.29) is 18.5 Å². The molecule has 0 unspecified atom stereocenters. The number of carbonyl (C=O) groups is 2. The molecule has 5 heteroatoms. The molecule has 0 aliphatic rings. The summed E-state index contributed by atoms with van der Waals surface area (Å²) in [7, 11) is 0. The fraction of sp³-hybridized carbons (Fsp3) is 0.600. The molecule has 0 saturated carbocycles. The van der Waals surface area contributed by atoms with Gasteiger partial charge < -0.3 is 9.47 Å². The van der Waals surface area contributed by atoms with Crippen LogP contribution in [0.2, 0.25) is 0 Å². The average Bonchev–Trinajstić information content (AvgIpc) is 2.25. The lowest BCUT2D eigenvalue weighted by molar-refractivity contribution is -0.153. The van der Waals surface area contributed by atoms with Gasteiger partial charge in [-0.3, -0.25) is 9.59 Å². The van der Waals surface area contributed by atoms with Crippen LogP contribution in [0.3, 0.4) is 0 Å². The van der Waals surface area contributed by atoms with Gasteiger partial charge in [0.15, 0.2) is 5.44 Å². The van der Waals surface area contributed by atoms with Crippen molar-refractivity contribution in [1.29, 1.82) is 0 Å². The maximum Gasteiger partial charge on any atom is 0.306 e. The molecular weight excluding hydrogens is 216 g/mol. The number of esters is 2. The van der Waals surface area contributed by atoms with Crippen LogP contribution in [0, 0.1) is 0 Å². The van der Waals surface area contributed by atoms with Crippen molar-refractivity contribution in [1.82, 2.24) is 0 Å². The van der Waals surface area contributed by atoms with Crippen molar-refractivity contribution in [3.63, 3.8) is 0 Å². The zero-order valence-electron chi connectivity index (χ0n) is 9.02. The summed E-state index contributed by atoms with van der Waals surface area (Å²) >= 11 is 1.22. The molecule has 0 radical (unpaired) electrons. The van der Waals surface area contributed by atoms with E-state index in [0.29, 0.717) is 12.8 Å². The van der Waals surface area contributed by atoms with E-state index in [2.05, 4.69) is 6.58 Å². The van der Waals surface area contributed by atoms with Gasteiger partial charge in [-0.2, -0.15) is 0 Å². The molecule has 0 fully saturated rings. The minimum absolute atomic E-state index is 0.0646. The second-order valence-electron chi connectivity index (χ2n) is 2.61. The molecule has 0 aromatic rings. The molecule has 15 heavy (non-hydrogen) atoms. The fourth-order valence-corrected chi connectivity index (χ4v) is 1.23. The molecule has 0 spiro atoms. The van der Waals surface area contributed by atoms with Gasteiger partial charge in [0.2, 0.25) is 0 Å². The number of hydrogen-bond donors (Lipinski definition) is 0. The molecule has 0 amide bonds. The Morgan fingerprint density at radius 3 is 2.40 bits per heavy atom. The van der Waals surface area contributed by atoms with Crippen molar-refractivity contribution < 1.29 is 19.1 Å². The van der Waals surface area contributed by atoms with Crippen molar-refractivity contribution >= 4 is 23.7 Å². The molecule has 0 bridgehead atoms. The number of ether oxygens (including phenoxy) is 2. The lowest BCUT2D eigenvalue weighted by Crippen LogP contribution is -2.21. The topological polar surface area (TPSA) is 52.6 Å². The van der Waals surface area contributed by atoms with Gasteiger partial charge in [0, 0.05) is 12.8 Å². The van der Waals surface area contributed by atoms with E-state index in [1.807, 2.05) is 0 Å². The molecule has 0 rings (SSSR count). The van der Waals surface area contributed by atoms with Crippen molar-refractivity contribution in [2.24, 2.45) is 0 Å². The molecule has 86 valence electrons. The van der Waals surface area contributed by atoms with E-state index in [0.717, 1.165) is 0 Å². The van der Waals surface area contributed by atoms with E-state index in [9.17, 15) is 9.59 Å². The fourth-order valence-electron chi connectivity index (χ4n) is 0.701. The summed E-state index contributed by atoms with van der Waals surface area (Å²) in [5, 5.41) is 1.55. The third kappa shape index (κ3) is 7.02. The van der Waals surface area contributed by atoms with Crippen LogP contribution in [0.1, 0.15) is 26.7 Å². The predicted molar refractivity (Wildman–Crippen MR) is 59.2 cm³/mol. The first-order chi connectivity index (χ1) is 7.13. The molecule has 0 aromatic heterocycles. The highest BCUT2D eigenvalue weighted by molar-refractivity contribution is 8.02. The van der Waals surface area contributed by atoms with Gasteiger partial charge >= 0.3 is 11.9 Å². The summed E-state index contributed by atoms with van der Waals surface area (Å²) in [6.45, 7) is 6.99. The third-order valence-corrected chi connectivity index (χ3v) is 2.20. The zero-order chi connectivity index (χ0) is 11.7. The molecule has 0 N–H and O–H groups in total. The maximum absolute atomic E-state index is 11.0. The molecule has 0 saturated heterocycles. The number of thioether (sulfide) groups is 1. The highest BCUT2D eigenvalue weighted by atomic mass is 32.2. The van der Waals surface area contributed by atoms with Crippen LogP contribution >= 0.6 is 11.8 Å². The molecule has 4 nitrogen and oxygen atoms in total. The highest BCUT2D eigenvalue weighted by Gasteiger charge is 2.14. The van der Waals surface area contributed by atoms with Gasteiger partial charge in [0.05, 0.1) is 0 Å². The normalized spacial score (nSPS) is 11.6. The Bertz CT molecular complexity index is 227. The smallest absolute Gasteiger partial charge is 0.306 e. The van der Waals surface area contributed by atoms with Crippen LogP contribution in [-0.4, -0.2) is 24.0 Å². The van der Waals surface area contributed by atoms with Crippen LogP contribution < -0.4 is 0 Å². The van der Waals surface area contributed by atoms with Gasteiger partial charge in [-0.25, -0.2) is 0 Å². The Morgan fingerprint density at radius 2 is 1.93 bits per heavy atom. The molecular formula is C10H16O4S. The van der Waals surface area contributed by atoms with Crippen LogP contribution in [0.25, 0.3) is 0 Å². The van der Waals surface area contributed by atoms with Gasteiger partial charge in [0.1, 0.15) is 6.61 Å². The first-order valence-corrected chi connectivity index (χ1v) is 5.69. The van der Waals surface area contributed by atoms with E-state index >= 15 is 0 Å². The Labute approximate surface area is 94.0 Å². The maximum atomic E-state index is 11.0. The van der Waals surface area contributed by atoms with Crippen molar-refractivity contribution in [2.45, 2.75) is 32.1 Å². The van der Waals surface area contributed by atoms with Gasteiger partial charge in [0.25, 0.3) is 0 Å². The van der Waals surface area contributed by atoms with Gasteiger partial charge in [-0.05, 0) is 5.41 Å². The summed E-state index contributed by atoms with van der Waals surface area (Å²) in [4.78, 5) is 21.9. The average molecular weight is 232 g/mol. The molecule has 0 heterocycles. The van der Waals surface area contributed by atoms with Crippen LogP contribution in [-0.2, 0) is 19.1 Å². The Morgan fingerprint density at radius 1 is 1.33 bits per heavy atom. The van der Waals surface area contributed by atoms with E-state index < -0.39 is 5.44 Å². The SMILES string of the molecule is C=CS[C@@H](COC(=O)CC)OC(=O)CC. The summed E-state index contributed by atoms with van der Waals surface area (Å²) < 4.78 is 9.88. The summed E-state index contributed by atoms with van der Waals surface area (Å²) in [5.74, 6) is -0.626. The van der Waals surface area contributed by atoms with Crippen molar-refractivity contribution in [3.8, 4) is 0 Å². The molecule has 0 aliphatic heterocycles. The third-order valence-electron chi connectivity index (χ3n) is 1.47. The summed E-state index contributed by atoms with van der Waals surface area (Å²) in [6.07, 6.45) is 0.614. The first-order valence-electron chi connectivity index (χ1n) is 4.75. The quantitative estimate of drug-likeness (QED) is 0.497. The predicted octanol–water partition coefficient (Wildman–Crippen LogP) is 2.10. The minimum Gasteiger partial charge on any atom is -0.461 e. The number of rotatable bonds is 7. The van der Waals surface area contributed by atoms with E-state index in [1.165, 1.54) is 11.8 Å². The van der Waals surface area contributed by atoms with Crippen molar-refractivity contribution in [3.05, 3.63) is 12.0 Å². The lowest BCUT2D eigenvalue weighted by atomic mass is 10.5.